The predicted molar refractivity (Wildman–Crippen MR) is 127 cm³/mol. The highest BCUT2D eigenvalue weighted by atomic mass is 32.2. The lowest BCUT2D eigenvalue weighted by Gasteiger charge is -2.07. The number of benzene rings is 2. The monoisotopic (exact) mass is 469 g/mol. The highest BCUT2D eigenvalue weighted by Gasteiger charge is 2.12. The van der Waals surface area contributed by atoms with Gasteiger partial charge in [-0.2, -0.15) is 0 Å². The summed E-state index contributed by atoms with van der Waals surface area (Å²) >= 11 is 4.42. The van der Waals surface area contributed by atoms with E-state index >= 15 is 0 Å². The number of thioether (sulfide) groups is 2. The Morgan fingerprint density at radius 2 is 1.94 bits per heavy atom. The standard InChI is InChI=1S/C21H19N5O2S3/c1-28-16-7-5-15(6-8-16)26-13-22-25-21(26)31-12-19(27)24-20-23-18(11-30-20)14-3-9-17(29-2)10-4-14/h3-11,13H,12H2,1-2H3,(H,23,24,27). The summed E-state index contributed by atoms with van der Waals surface area (Å²) < 4.78 is 7.02. The zero-order valence-electron chi connectivity index (χ0n) is 16.8. The molecule has 158 valence electrons. The van der Waals surface area contributed by atoms with Crippen LogP contribution >= 0.6 is 34.9 Å². The molecule has 7 nitrogen and oxygen atoms in total. The second-order valence-corrected chi connectivity index (χ2v) is 8.97. The van der Waals surface area contributed by atoms with Crippen molar-refractivity contribution < 1.29 is 9.53 Å². The predicted octanol–water partition coefficient (Wildman–Crippen LogP) is 4.85. The molecule has 2 aromatic carbocycles. The molecule has 4 rings (SSSR count). The number of hydrogen-bond acceptors (Lipinski definition) is 8. The van der Waals surface area contributed by atoms with Crippen molar-refractivity contribution in [2.75, 3.05) is 24.4 Å². The third kappa shape index (κ3) is 5.27. The van der Waals surface area contributed by atoms with E-state index in [1.54, 1.807) is 25.2 Å². The number of nitrogens with one attached hydrogen (secondary N) is 1. The number of thiazole rings is 1. The lowest BCUT2D eigenvalue weighted by Crippen LogP contribution is -2.14. The van der Waals surface area contributed by atoms with Crippen molar-refractivity contribution in [3.8, 4) is 22.7 Å². The minimum atomic E-state index is -0.145. The van der Waals surface area contributed by atoms with Gasteiger partial charge in [-0.1, -0.05) is 23.9 Å². The summed E-state index contributed by atoms with van der Waals surface area (Å²) in [6, 6.07) is 15.8. The summed E-state index contributed by atoms with van der Waals surface area (Å²) in [5, 5.41) is 14.1. The molecule has 0 bridgehead atoms. The fourth-order valence-electron chi connectivity index (χ4n) is 2.75. The van der Waals surface area contributed by atoms with Gasteiger partial charge in [-0.15, -0.1) is 33.3 Å². The van der Waals surface area contributed by atoms with Crippen LogP contribution in [0.4, 0.5) is 5.13 Å². The Morgan fingerprint density at radius 1 is 1.16 bits per heavy atom. The average Bonchev–Trinajstić information content (AvgIpc) is 3.47. The Bertz CT molecular complexity index is 1160. The zero-order valence-corrected chi connectivity index (χ0v) is 19.3. The molecule has 0 saturated carbocycles. The maximum absolute atomic E-state index is 12.4. The average molecular weight is 470 g/mol. The molecule has 0 saturated heterocycles. The molecule has 0 aliphatic heterocycles. The van der Waals surface area contributed by atoms with E-state index in [0.717, 1.165) is 22.7 Å². The number of amides is 1. The van der Waals surface area contributed by atoms with Crippen molar-refractivity contribution in [3.63, 3.8) is 0 Å². The van der Waals surface area contributed by atoms with Crippen LogP contribution < -0.4 is 10.1 Å². The second-order valence-electron chi connectivity index (χ2n) is 6.28. The molecule has 0 radical (unpaired) electrons. The van der Waals surface area contributed by atoms with E-state index in [1.807, 2.05) is 52.6 Å². The fraction of sp³-hybridized carbons (Fsp3) is 0.143. The first-order valence-electron chi connectivity index (χ1n) is 9.23. The summed E-state index contributed by atoms with van der Waals surface area (Å²) in [5.74, 6) is 0.827. The van der Waals surface area contributed by atoms with Gasteiger partial charge >= 0.3 is 0 Å². The van der Waals surface area contributed by atoms with Crippen LogP contribution in [-0.4, -0.2) is 44.8 Å². The van der Waals surface area contributed by atoms with Crippen LogP contribution in [0.5, 0.6) is 5.75 Å². The Kier molecular flexibility index (Phi) is 6.90. The van der Waals surface area contributed by atoms with Crippen molar-refractivity contribution in [1.29, 1.82) is 0 Å². The number of aromatic nitrogens is 4. The molecule has 0 fully saturated rings. The minimum absolute atomic E-state index is 0.145. The van der Waals surface area contributed by atoms with Crippen molar-refractivity contribution in [2.45, 2.75) is 10.1 Å². The lowest BCUT2D eigenvalue weighted by atomic mass is 10.2. The molecular weight excluding hydrogens is 450 g/mol. The SMILES string of the molecule is COc1ccc(-n2cnnc2SCC(=O)Nc2nc(-c3ccc(SC)cc3)cs2)cc1. The maximum Gasteiger partial charge on any atom is 0.236 e. The summed E-state index contributed by atoms with van der Waals surface area (Å²) in [5.41, 5.74) is 2.77. The molecule has 0 atom stereocenters. The maximum atomic E-state index is 12.4. The molecule has 0 aliphatic rings. The number of carbonyl (C=O) groups excluding carboxylic acids is 1. The Hall–Kier alpha value is -2.82. The zero-order chi connectivity index (χ0) is 21.6. The van der Waals surface area contributed by atoms with Crippen LogP contribution in [0.2, 0.25) is 0 Å². The molecular formula is C21H19N5O2S3. The first-order chi connectivity index (χ1) is 15.2. The van der Waals surface area contributed by atoms with Gasteiger partial charge in [-0.05, 0) is 42.7 Å². The number of rotatable bonds is 8. The Morgan fingerprint density at radius 3 is 2.65 bits per heavy atom. The van der Waals surface area contributed by atoms with Crippen LogP contribution in [0.1, 0.15) is 0 Å². The van der Waals surface area contributed by atoms with Crippen molar-refractivity contribution >= 4 is 45.9 Å². The molecule has 0 aliphatic carbocycles. The van der Waals surface area contributed by atoms with Crippen LogP contribution in [0.3, 0.4) is 0 Å². The first kappa shape index (κ1) is 21.4. The van der Waals surface area contributed by atoms with Crippen LogP contribution in [-0.2, 0) is 4.79 Å². The summed E-state index contributed by atoms with van der Waals surface area (Å²) in [4.78, 5) is 18.2. The van der Waals surface area contributed by atoms with Crippen molar-refractivity contribution in [2.24, 2.45) is 0 Å². The summed E-state index contributed by atoms with van der Waals surface area (Å²) in [6.07, 6.45) is 3.67. The summed E-state index contributed by atoms with van der Waals surface area (Å²) in [6.45, 7) is 0. The van der Waals surface area contributed by atoms with E-state index in [4.69, 9.17) is 4.74 Å². The molecule has 2 heterocycles. The van der Waals surface area contributed by atoms with Crippen molar-refractivity contribution in [3.05, 3.63) is 60.2 Å². The van der Waals surface area contributed by atoms with Gasteiger partial charge in [0.1, 0.15) is 12.1 Å². The summed E-state index contributed by atoms with van der Waals surface area (Å²) in [7, 11) is 1.63. The van der Waals surface area contributed by atoms with Gasteiger partial charge in [-0.25, -0.2) is 4.98 Å². The van der Waals surface area contributed by atoms with Gasteiger partial charge in [0, 0.05) is 21.5 Å². The molecule has 2 aromatic heterocycles. The number of carbonyl (C=O) groups is 1. The lowest BCUT2D eigenvalue weighted by molar-refractivity contribution is -0.113. The van der Waals surface area contributed by atoms with Crippen LogP contribution in [0, 0.1) is 0 Å². The fourth-order valence-corrected chi connectivity index (χ4v) is 4.63. The van der Waals surface area contributed by atoms with E-state index < -0.39 is 0 Å². The minimum Gasteiger partial charge on any atom is -0.497 e. The molecule has 0 spiro atoms. The Labute approximate surface area is 192 Å². The van der Waals surface area contributed by atoms with Crippen LogP contribution in [0.15, 0.2) is 70.3 Å². The van der Waals surface area contributed by atoms with Crippen molar-refractivity contribution in [1.82, 2.24) is 19.7 Å². The van der Waals surface area contributed by atoms with E-state index in [-0.39, 0.29) is 11.7 Å². The molecule has 1 N–H and O–H groups in total. The van der Waals surface area contributed by atoms with E-state index in [2.05, 4.69) is 32.6 Å². The molecule has 4 aromatic rings. The molecule has 31 heavy (non-hydrogen) atoms. The van der Waals surface area contributed by atoms with Gasteiger partial charge in [0.05, 0.1) is 18.6 Å². The van der Waals surface area contributed by atoms with E-state index in [0.29, 0.717) is 10.3 Å². The first-order valence-corrected chi connectivity index (χ1v) is 12.3. The van der Waals surface area contributed by atoms with E-state index in [1.165, 1.54) is 28.0 Å². The number of hydrogen-bond donors (Lipinski definition) is 1. The van der Waals surface area contributed by atoms with Gasteiger partial charge in [0.25, 0.3) is 0 Å². The Balaban J connectivity index is 1.36. The number of methoxy groups -OCH3 is 1. The smallest absolute Gasteiger partial charge is 0.236 e. The van der Waals surface area contributed by atoms with Crippen LogP contribution in [0.25, 0.3) is 16.9 Å². The number of nitrogens with zero attached hydrogens (tertiary/aromatic N) is 4. The third-order valence-corrected chi connectivity index (χ3v) is 6.78. The second kappa shape index (κ2) is 9.99. The topological polar surface area (TPSA) is 81.9 Å². The third-order valence-electron chi connectivity index (χ3n) is 4.34. The van der Waals surface area contributed by atoms with Gasteiger partial charge < -0.3 is 10.1 Å². The normalized spacial score (nSPS) is 10.8. The van der Waals surface area contributed by atoms with Gasteiger partial charge in [-0.3, -0.25) is 9.36 Å². The highest BCUT2D eigenvalue weighted by molar-refractivity contribution is 7.99. The molecule has 10 heteroatoms. The van der Waals surface area contributed by atoms with E-state index in [9.17, 15) is 4.79 Å². The van der Waals surface area contributed by atoms with Gasteiger partial charge in [0.2, 0.25) is 5.91 Å². The highest BCUT2D eigenvalue weighted by Crippen LogP contribution is 2.27. The largest absolute Gasteiger partial charge is 0.497 e. The molecule has 0 unspecified atom stereocenters. The van der Waals surface area contributed by atoms with Gasteiger partial charge in [0.15, 0.2) is 10.3 Å². The quantitative estimate of drug-likeness (QED) is 0.369. The molecule has 1 amide bonds. The number of anilines is 1. The number of ether oxygens (including phenoxy) is 1.